The average molecular weight is 396 g/mol. The van der Waals surface area contributed by atoms with Crippen LogP contribution in [0, 0.1) is 11.3 Å². The third-order valence-electron chi connectivity index (χ3n) is 7.01. The van der Waals surface area contributed by atoms with Crippen molar-refractivity contribution >= 4 is 6.09 Å². The van der Waals surface area contributed by atoms with Crippen LogP contribution in [0.1, 0.15) is 51.6 Å². The molecule has 5 rings (SSSR count). The van der Waals surface area contributed by atoms with E-state index in [2.05, 4.69) is 33.8 Å². The Morgan fingerprint density at radius 2 is 1.97 bits per heavy atom. The Hall–Kier alpha value is -2.34. The maximum absolute atomic E-state index is 12.4. The van der Waals surface area contributed by atoms with Gasteiger partial charge in [-0.2, -0.15) is 0 Å². The number of fused-ring (bicyclic) bond motifs is 3. The van der Waals surface area contributed by atoms with E-state index in [-0.39, 0.29) is 29.6 Å². The van der Waals surface area contributed by atoms with Crippen LogP contribution in [-0.4, -0.2) is 50.4 Å². The molecule has 0 bridgehead atoms. The molecule has 1 aromatic carbocycles. The molecule has 29 heavy (non-hydrogen) atoms. The summed E-state index contributed by atoms with van der Waals surface area (Å²) in [6.07, 6.45) is 5.83. The fourth-order valence-electron chi connectivity index (χ4n) is 5.55. The Labute approximate surface area is 171 Å². The van der Waals surface area contributed by atoms with Gasteiger partial charge in [-0.1, -0.05) is 24.3 Å². The minimum atomic E-state index is -0.480. The number of rotatable bonds is 1. The lowest BCUT2D eigenvalue weighted by Crippen LogP contribution is -2.60. The predicted molar refractivity (Wildman–Crippen MR) is 109 cm³/mol. The Kier molecular flexibility index (Phi) is 4.07. The van der Waals surface area contributed by atoms with Gasteiger partial charge in [0.25, 0.3) is 0 Å². The van der Waals surface area contributed by atoms with Crippen molar-refractivity contribution in [1.29, 1.82) is 0 Å². The molecule has 1 spiro atoms. The molecule has 1 saturated heterocycles. The number of likely N-dealkylation sites (tertiary alicyclic amines) is 1. The molecule has 0 radical (unpaired) electrons. The lowest BCUT2D eigenvalue weighted by molar-refractivity contribution is -0.156. The maximum Gasteiger partial charge on any atom is 0.410 e. The number of piperidine rings is 1. The summed E-state index contributed by atoms with van der Waals surface area (Å²) in [6.45, 7) is 6.97. The summed E-state index contributed by atoms with van der Waals surface area (Å²) < 4.78 is 7.73. The molecule has 2 aromatic rings. The van der Waals surface area contributed by atoms with E-state index < -0.39 is 5.60 Å². The van der Waals surface area contributed by atoms with Gasteiger partial charge in [0, 0.05) is 30.0 Å². The first-order valence-electron chi connectivity index (χ1n) is 10.6. The van der Waals surface area contributed by atoms with E-state index in [1.165, 1.54) is 11.1 Å². The predicted octanol–water partition coefficient (Wildman–Crippen LogP) is 3.85. The molecule has 1 aromatic heterocycles. The molecule has 1 saturated carbocycles. The third-order valence-corrected chi connectivity index (χ3v) is 7.01. The van der Waals surface area contributed by atoms with Gasteiger partial charge >= 0.3 is 6.09 Å². The maximum atomic E-state index is 12.4. The molecule has 2 fully saturated rings. The summed E-state index contributed by atoms with van der Waals surface area (Å²) >= 11 is 0. The number of aliphatic hydroxyl groups excluding tert-OH is 1. The normalized spacial score (nSPS) is 27.3. The molecule has 0 unspecified atom stereocenters. The van der Waals surface area contributed by atoms with Crippen molar-refractivity contribution in [3.63, 3.8) is 0 Å². The minimum absolute atomic E-state index is 0.0819. The van der Waals surface area contributed by atoms with Crippen molar-refractivity contribution in [1.82, 2.24) is 14.5 Å². The van der Waals surface area contributed by atoms with Gasteiger partial charge in [-0.3, -0.25) is 0 Å². The van der Waals surface area contributed by atoms with E-state index in [1.54, 1.807) is 4.90 Å². The number of hydrogen-bond acceptors (Lipinski definition) is 4. The highest BCUT2D eigenvalue weighted by atomic mass is 16.6. The van der Waals surface area contributed by atoms with Crippen LogP contribution in [0.15, 0.2) is 36.8 Å². The van der Waals surface area contributed by atoms with Crippen LogP contribution < -0.4 is 0 Å². The average Bonchev–Trinajstić information content (AvgIpc) is 3.26. The number of aliphatic hydroxyl groups is 1. The number of carbonyl (C=O) groups excluding carboxylic acids is 1. The number of hydrogen-bond donors (Lipinski definition) is 1. The van der Waals surface area contributed by atoms with E-state index in [0.29, 0.717) is 13.1 Å². The monoisotopic (exact) mass is 395 g/mol. The Morgan fingerprint density at radius 3 is 2.66 bits per heavy atom. The molecule has 6 nitrogen and oxygen atoms in total. The van der Waals surface area contributed by atoms with Gasteiger partial charge in [-0.15, -0.1) is 0 Å². The van der Waals surface area contributed by atoms with Crippen LogP contribution in [-0.2, 0) is 4.74 Å². The zero-order valence-corrected chi connectivity index (χ0v) is 17.3. The Balaban J connectivity index is 1.30. The molecule has 1 N–H and O–H groups in total. The number of aromatic nitrogens is 2. The second kappa shape index (κ2) is 6.33. The van der Waals surface area contributed by atoms with Crippen LogP contribution in [0.4, 0.5) is 4.79 Å². The first-order chi connectivity index (χ1) is 13.8. The molecule has 1 aliphatic carbocycles. The highest BCUT2D eigenvalue weighted by molar-refractivity contribution is 5.69. The number of carbonyl (C=O) groups is 1. The zero-order chi connectivity index (χ0) is 20.4. The van der Waals surface area contributed by atoms with Crippen molar-refractivity contribution < 1.29 is 14.6 Å². The number of nitrogens with zero attached hydrogens (tertiary/aromatic N) is 3. The van der Waals surface area contributed by atoms with Crippen LogP contribution >= 0.6 is 0 Å². The second-order valence-corrected chi connectivity index (χ2v) is 9.86. The quantitative estimate of drug-likeness (QED) is 0.796. The van der Waals surface area contributed by atoms with Crippen molar-refractivity contribution in [3.8, 4) is 11.3 Å². The molecule has 3 aliphatic rings. The van der Waals surface area contributed by atoms with Gasteiger partial charge in [0.2, 0.25) is 0 Å². The largest absolute Gasteiger partial charge is 0.444 e. The van der Waals surface area contributed by atoms with Gasteiger partial charge in [0.05, 0.1) is 30.4 Å². The molecule has 6 heteroatoms. The van der Waals surface area contributed by atoms with Crippen LogP contribution in [0.2, 0.25) is 0 Å². The van der Waals surface area contributed by atoms with Crippen LogP contribution in [0.25, 0.3) is 11.3 Å². The molecular formula is C23H29N3O3. The van der Waals surface area contributed by atoms with Gasteiger partial charge < -0.3 is 19.3 Å². The van der Waals surface area contributed by atoms with Crippen molar-refractivity contribution in [3.05, 3.63) is 42.4 Å². The van der Waals surface area contributed by atoms with E-state index >= 15 is 0 Å². The fraction of sp³-hybridized carbons (Fsp3) is 0.565. The third kappa shape index (κ3) is 2.88. The van der Waals surface area contributed by atoms with Gasteiger partial charge in [-0.25, -0.2) is 9.78 Å². The van der Waals surface area contributed by atoms with E-state index in [0.717, 1.165) is 25.0 Å². The number of imidazole rings is 1. The van der Waals surface area contributed by atoms with E-state index in [9.17, 15) is 9.90 Å². The summed E-state index contributed by atoms with van der Waals surface area (Å²) in [5.74, 6) is 0.180. The lowest BCUT2D eigenvalue weighted by atomic mass is 9.53. The zero-order valence-electron chi connectivity index (χ0n) is 17.3. The fourth-order valence-corrected chi connectivity index (χ4v) is 5.55. The number of benzene rings is 1. The smallest absolute Gasteiger partial charge is 0.410 e. The summed E-state index contributed by atoms with van der Waals surface area (Å²) in [6, 6.07) is 8.60. The molecule has 3 atom stereocenters. The molecular weight excluding hydrogens is 366 g/mol. The Bertz CT molecular complexity index is 937. The van der Waals surface area contributed by atoms with E-state index in [4.69, 9.17) is 4.74 Å². The van der Waals surface area contributed by atoms with Crippen molar-refractivity contribution in [2.75, 3.05) is 13.1 Å². The molecule has 154 valence electrons. The summed E-state index contributed by atoms with van der Waals surface area (Å²) in [5.41, 5.74) is 3.09. The highest BCUT2D eigenvalue weighted by Crippen LogP contribution is 2.59. The standard InChI is InChI=1S/C23H29N3O3/c1-22(2,3)29-21(28)25-10-8-23(9-11-25)12-17(20(23)27)19-16-7-5-4-6-15(16)18-13-24-14-26(18)19/h4-7,13-14,17,19-20,27H,8-12H2,1-3H3/t17-,19-,20+/m1/s1. The van der Waals surface area contributed by atoms with Gasteiger partial charge in [0.15, 0.2) is 0 Å². The molecule has 1 amide bonds. The van der Waals surface area contributed by atoms with E-state index in [1.807, 2.05) is 33.3 Å². The molecule has 2 aliphatic heterocycles. The summed E-state index contributed by atoms with van der Waals surface area (Å²) in [4.78, 5) is 18.5. The lowest BCUT2D eigenvalue weighted by Gasteiger charge is -2.57. The SMILES string of the molecule is CC(C)(C)OC(=O)N1CCC2(CC1)C[C@H]([C@H]1c3ccccc3-c3cncn31)[C@@H]2O. The molecule has 3 heterocycles. The minimum Gasteiger partial charge on any atom is -0.444 e. The first kappa shape index (κ1) is 18.7. The first-order valence-corrected chi connectivity index (χ1v) is 10.6. The topological polar surface area (TPSA) is 67.6 Å². The van der Waals surface area contributed by atoms with Gasteiger partial charge in [0.1, 0.15) is 5.60 Å². The number of ether oxygens (including phenoxy) is 1. The Morgan fingerprint density at radius 1 is 1.24 bits per heavy atom. The second-order valence-electron chi connectivity index (χ2n) is 9.86. The van der Waals surface area contributed by atoms with Gasteiger partial charge in [-0.05, 0) is 45.6 Å². The summed E-state index contributed by atoms with van der Waals surface area (Å²) in [5, 5.41) is 11.3. The highest BCUT2D eigenvalue weighted by Gasteiger charge is 2.58. The van der Waals surface area contributed by atoms with Crippen molar-refractivity contribution in [2.45, 2.75) is 57.8 Å². The van der Waals surface area contributed by atoms with Crippen LogP contribution in [0.3, 0.4) is 0 Å². The number of amides is 1. The van der Waals surface area contributed by atoms with Crippen molar-refractivity contribution in [2.24, 2.45) is 11.3 Å². The summed E-state index contributed by atoms with van der Waals surface area (Å²) in [7, 11) is 0. The van der Waals surface area contributed by atoms with Crippen LogP contribution in [0.5, 0.6) is 0 Å².